The number of sulfonamides is 1. The van der Waals surface area contributed by atoms with Crippen LogP contribution in [0.15, 0.2) is 29.2 Å². The number of nitrogens with zero attached hydrogens (tertiary/aromatic N) is 2. The van der Waals surface area contributed by atoms with Crippen LogP contribution in [0.25, 0.3) is 0 Å². The molecule has 2 aliphatic heterocycles. The molecule has 0 saturated carbocycles. The van der Waals surface area contributed by atoms with Crippen molar-refractivity contribution in [3.63, 3.8) is 0 Å². The van der Waals surface area contributed by atoms with Gasteiger partial charge in [0.1, 0.15) is 0 Å². The van der Waals surface area contributed by atoms with Crippen molar-refractivity contribution in [2.45, 2.75) is 43.5 Å². The van der Waals surface area contributed by atoms with Gasteiger partial charge >= 0.3 is 0 Å². The van der Waals surface area contributed by atoms with E-state index in [1.165, 1.54) is 0 Å². The largest absolute Gasteiger partial charge is 0.338 e. The summed E-state index contributed by atoms with van der Waals surface area (Å²) in [5.74, 6) is 0.475. The second kappa shape index (κ2) is 8.06. The Balaban J connectivity index is 1.71. The van der Waals surface area contributed by atoms with Crippen molar-refractivity contribution in [1.29, 1.82) is 0 Å². The fourth-order valence-electron chi connectivity index (χ4n) is 3.99. The van der Waals surface area contributed by atoms with E-state index in [2.05, 4.69) is 5.32 Å². The minimum atomic E-state index is -3.49. The zero-order valence-corrected chi connectivity index (χ0v) is 16.5. The van der Waals surface area contributed by atoms with Crippen LogP contribution in [-0.4, -0.2) is 62.8 Å². The normalized spacial score (nSPS) is 24.8. The van der Waals surface area contributed by atoms with Crippen LogP contribution in [0.5, 0.6) is 0 Å². The van der Waals surface area contributed by atoms with Gasteiger partial charge in [-0.05, 0) is 70.0 Å². The van der Waals surface area contributed by atoms with Gasteiger partial charge in [-0.2, -0.15) is 4.31 Å². The number of carbonyl (C=O) groups is 1. The van der Waals surface area contributed by atoms with Gasteiger partial charge in [0, 0.05) is 31.2 Å². The molecule has 144 valence electrons. The van der Waals surface area contributed by atoms with Crippen molar-refractivity contribution in [2.75, 3.05) is 33.2 Å². The second-order valence-electron chi connectivity index (χ2n) is 7.45. The molecule has 0 bridgehead atoms. The Morgan fingerprint density at radius 2 is 1.88 bits per heavy atom. The summed E-state index contributed by atoms with van der Waals surface area (Å²) in [7, 11) is -1.57. The van der Waals surface area contributed by atoms with Gasteiger partial charge in [-0.25, -0.2) is 8.42 Å². The molecule has 1 N–H and O–H groups in total. The van der Waals surface area contributed by atoms with Crippen molar-refractivity contribution in [3.05, 3.63) is 29.8 Å². The standard InChI is InChI=1S/C19H29N3O3S/c1-15-5-3-4-11-22(15)26(24,25)18-8-6-17(7-9-18)19(23)21-12-10-16(14-21)13-20-2/h6-9,15-16,20H,3-5,10-14H2,1-2H3. The van der Waals surface area contributed by atoms with Crippen LogP contribution in [0.4, 0.5) is 0 Å². The molecule has 3 rings (SSSR count). The molecule has 2 saturated heterocycles. The fraction of sp³-hybridized carbons (Fsp3) is 0.632. The molecule has 2 atom stereocenters. The van der Waals surface area contributed by atoms with E-state index in [0.717, 1.165) is 45.3 Å². The van der Waals surface area contributed by atoms with Crippen LogP contribution in [0.3, 0.4) is 0 Å². The molecule has 7 heteroatoms. The Morgan fingerprint density at radius 3 is 2.54 bits per heavy atom. The summed E-state index contributed by atoms with van der Waals surface area (Å²) in [5.41, 5.74) is 0.556. The van der Waals surface area contributed by atoms with Crippen molar-refractivity contribution < 1.29 is 13.2 Å². The second-order valence-corrected chi connectivity index (χ2v) is 9.34. The van der Waals surface area contributed by atoms with Crippen LogP contribution in [0.2, 0.25) is 0 Å². The molecule has 0 spiro atoms. The van der Waals surface area contributed by atoms with E-state index in [0.29, 0.717) is 18.0 Å². The van der Waals surface area contributed by atoms with Crippen LogP contribution >= 0.6 is 0 Å². The van der Waals surface area contributed by atoms with E-state index in [9.17, 15) is 13.2 Å². The fourth-order valence-corrected chi connectivity index (χ4v) is 5.69. The van der Waals surface area contributed by atoms with Gasteiger partial charge in [-0.15, -0.1) is 0 Å². The lowest BCUT2D eigenvalue weighted by molar-refractivity contribution is 0.0787. The number of amides is 1. The Morgan fingerprint density at radius 1 is 1.15 bits per heavy atom. The minimum Gasteiger partial charge on any atom is -0.338 e. The zero-order chi connectivity index (χ0) is 18.7. The lowest BCUT2D eigenvalue weighted by atomic mass is 10.1. The molecule has 1 amide bonds. The summed E-state index contributed by atoms with van der Waals surface area (Å²) in [6.45, 7) is 4.96. The van der Waals surface area contributed by atoms with Gasteiger partial charge < -0.3 is 10.2 Å². The highest BCUT2D eigenvalue weighted by molar-refractivity contribution is 7.89. The molecule has 1 aromatic carbocycles. The lowest BCUT2D eigenvalue weighted by Gasteiger charge is -2.32. The van der Waals surface area contributed by atoms with E-state index in [1.807, 2.05) is 18.9 Å². The number of nitrogens with one attached hydrogen (secondary N) is 1. The third-order valence-corrected chi connectivity index (χ3v) is 7.54. The third-order valence-electron chi connectivity index (χ3n) is 5.52. The zero-order valence-electron chi connectivity index (χ0n) is 15.6. The SMILES string of the molecule is CNCC1CCN(C(=O)c2ccc(S(=O)(=O)N3CCCCC3C)cc2)C1. The highest BCUT2D eigenvalue weighted by Gasteiger charge is 2.31. The average Bonchev–Trinajstić information content (AvgIpc) is 3.10. The molecule has 2 aliphatic rings. The quantitative estimate of drug-likeness (QED) is 0.849. The van der Waals surface area contributed by atoms with Crippen molar-refractivity contribution in [3.8, 4) is 0 Å². The summed E-state index contributed by atoms with van der Waals surface area (Å²) in [4.78, 5) is 14.8. The molecular formula is C19H29N3O3S. The molecule has 0 aromatic heterocycles. The summed E-state index contributed by atoms with van der Waals surface area (Å²) in [6.07, 6.45) is 3.89. The van der Waals surface area contributed by atoms with Gasteiger partial charge in [0.25, 0.3) is 5.91 Å². The summed E-state index contributed by atoms with van der Waals surface area (Å²) in [5, 5.41) is 3.16. The predicted octanol–water partition coefficient (Wildman–Crippen LogP) is 1.93. The Kier molecular flexibility index (Phi) is 5.99. The maximum Gasteiger partial charge on any atom is 0.253 e. The van der Waals surface area contributed by atoms with Gasteiger partial charge in [0.2, 0.25) is 10.0 Å². The number of benzene rings is 1. The van der Waals surface area contributed by atoms with Gasteiger partial charge in [-0.3, -0.25) is 4.79 Å². The molecule has 1 aromatic rings. The summed E-state index contributed by atoms with van der Waals surface area (Å²) in [6, 6.07) is 6.48. The smallest absolute Gasteiger partial charge is 0.253 e. The molecule has 2 fully saturated rings. The topological polar surface area (TPSA) is 69.7 Å². The average molecular weight is 380 g/mol. The molecule has 0 radical (unpaired) electrons. The monoisotopic (exact) mass is 379 g/mol. The van der Waals surface area contributed by atoms with Crippen LogP contribution in [0, 0.1) is 5.92 Å². The minimum absolute atomic E-state index is 0.0149. The lowest BCUT2D eigenvalue weighted by Crippen LogP contribution is -2.41. The van der Waals surface area contributed by atoms with E-state index < -0.39 is 10.0 Å². The molecule has 2 heterocycles. The van der Waals surface area contributed by atoms with Crippen molar-refractivity contribution >= 4 is 15.9 Å². The van der Waals surface area contributed by atoms with E-state index in [4.69, 9.17) is 0 Å². The number of carbonyl (C=O) groups excluding carboxylic acids is 1. The first-order valence-electron chi connectivity index (χ1n) is 9.49. The number of hydrogen-bond acceptors (Lipinski definition) is 4. The Labute approximate surface area is 156 Å². The number of piperidine rings is 1. The highest BCUT2D eigenvalue weighted by Crippen LogP contribution is 2.26. The van der Waals surface area contributed by atoms with Gasteiger partial charge in [0.15, 0.2) is 0 Å². The number of rotatable bonds is 5. The first kappa shape index (κ1) is 19.3. The summed E-state index contributed by atoms with van der Waals surface area (Å²) >= 11 is 0. The molecule has 0 aliphatic carbocycles. The third kappa shape index (κ3) is 3.94. The Bertz CT molecular complexity index is 733. The van der Waals surface area contributed by atoms with E-state index >= 15 is 0 Å². The Hall–Kier alpha value is -1.44. The van der Waals surface area contributed by atoms with Gasteiger partial charge in [-0.1, -0.05) is 6.42 Å². The first-order valence-corrected chi connectivity index (χ1v) is 10.9. The van der Waals surface area contributed by atoms with E-state index in [-0.39, 0.29) is 16.8 Å². The number of hydrogen-bond donors (Lipinski definition) is 1. The first-order chi connectivity index (χ1) is 12.4. The van der Waals surface area contributed by atoms with Gasteiger partial charge in [0.05, 0.1) is 4.90 Å². The van der Waals surface area contributed by atoms with Crippen LogP contribution in [-0.2, 0) is 10.0 Å². The molecule has 6 nitrogen and oxygen atoms in total. The van der Waals surface area contributed by atoms with Crippen LogP contribution in [0.1, 0.15) is 43.0 Å². The molecule has 26 heavy (non-hydrogen) atoms. The predicted molar refractivity (Wildman–Crippen MR) is 102 cm³/mol. The van der Waals surface area contributed by atoms with E-state index in [1.54, 1.807) is 28.6 Å². The number of likely N-dealkylation sites (tertiary alicyclic amines) is 1. The summed E-state index contributed by atoms with van der Waals surface area (Å²) < 4.78 is 27.3. The molecular weight excluding hydrogens is 350 g/mol. The van der Waals surface area contributed by atoms with Crippen LogP contribution < -0.4 is 5.32 Å². The highest BCUT2D eigenvalue weighted by atomic mass is 32.2. The van der Waals surface area contributed by atoms with Crippen molar-refractivity contribution in [1.82, 2.24) is 14.5 Å². The van der Waals surface area contributed by atoms with Crippen molar-refractivity contribution in [2.24, 2.45) is 5.92 Å². The maximum atomic E-state index is 12.9. The maximum absolute atomic E-state index is 12.9. The molecule has 2 unspecified atom stereocenters.